The van der Waals surface area contributed by atoms with Crippen molar-refractivity contribution in [2.24, 2.45) is 0 Å². The van der Waals surface area contributed by atoms with Crippen LogP contribution in [-0.4, -0.2) is 45.3 Å². The highest BCUT2D eigenvalue weighted by Gasteiger charge is 2.03. The standard InChI is InChI=1S/C12H17NO6/c1-16-6-7-17-10-18-8-9-19-12-4-2-11(3-5-12)13(14)15/h2-5H,6-10H2,1H3. The maximum Gasteiger partial charge on any atom is 0.269 e. The van der Waals surface area contributed by atoms with Crippen molar-refractivity contribution in [3.8, 4) is 5.75 Å². The molecule has 0 radical (unpaired) electrons. The zero-order valence-corrected chi connectivity index (χ0v) is 10.7. The number of nitro benzene ring substituents is 1. The molecule has 0 saturated heterocycles. The summed E-state index contributed by atoms with van der Waals surface area (Å²) < 4.78 is 20.4. The minimum Gasteiger partial charge on any atom is -0.491 e. The largest absolute Gasteiger partial charge is 0.491 e. The predicted octanol–water partition coefficient (Wildman–Crippen LogP) is 1.61. The third-order valence-electron chi connectivity index (χ3n) is 2.14. The molecule has 19 heavy (non-hydrogen) atoms. The zero-order chi connectivity index (χ0) is 13.9. The molecule has 0 saturated carbocycles. The number of nitrogens with zero attached hydrogens (tertiary/aromatic N) is 1. The van der Waals surface area contributed by atoms with Gasteiger partial charge in [0, 0.05) is 19.2 Å². The van der Waals surface area contributed by atoms with Gasteiger partial charge in [-0.25, -0.2) is 0 Å². The summed E-state index contributed by atoms with van der Waals surface area (Å²) in [6.45, 7) is 1.94. The van der Waals surface area contributed by atoms with Gasteiger partial charge in [0.25, 0.3) is 5.69 Å². The highest BCUT2D eigenvalue weighted by Crippen LogP contribution is 2.16. The number of nitro groups is 1. The fourth-order valence-electron chi connectivity index (χ4n) is 1.20. The second-order valence-electron chi connectivity index (χ2n) is 3.53. The molecule has 1 aromatic rings. The van der Waals surface area contributed by atoms with Crippen LogP contribution in [0.3, 0.4) is 0 Å². The molecule has 0 fully saturated rings. The molecule has 0 unspecified atom stereocenters. The van der Waals surface area contributed by atoms with Crippen LogP contribution in [0.15, 0.2) is 24.3 Å². The first kappa shape index (κ1) is 15.4. The van der Waals surface area contributed by atoms with Crippen LogP contribution in [0.2, 0.25) is 0 Å². The maximum absolute atomic E-state index is 10.4. The molecule has 7 heteroatoms. The van der Waals surface area contributed by atoms with E-state index in [0.29, 0.717) is 32.2 Å². The highest BCUT2D eigenvalue weighted by molar-refractivity contribution is 5.35. The number of ether oxygens (including phenoxy) is 4. The van der Waals surface area contributed by atoms with Crippen LogP contribution in [0, 0.1) is 10.1 Å². The molecule has 1 rings (SSSR count). The van der Waals surface area contributed by atoms with E-state index in [9.17, 15) is 10.1 Å². The van der Waals surface area contributed by atoms with Gasteiger partial charge in [-0.15, -0.1) is 0 Å². The Morgan fingerprint density at radius 3 is 2.26 bits per heavy atom. The van der Waals surface area contributed by atoms with Crippen molar-refractivity contribution < 1.29 is 23.9 Å². The van der Waals surface area contributed by atoms with Crippen molar-refractivity contribution >= 4 is 5.69 Å². The van der Waals surface area contributed by atoms with Crippen LogP contribution in [-0.2, 0) is 14.2 Å². The first-order valence-electron chi connectivity index (χ1n) is 5.75. The summed E-state index contributed by atoms with van der Waals surface area (Å²) in [6, 6.07) is 5.88. The van der Waals surface area contributed by atoms with Crippen LogP contribution in [0.1, 0.15) is 0 Å². The number of hydrogen-bond acceptors (Lipinski definition) is 6. The molecule has 0 aromatic heterocycles. The predicted molar refractivity (Wildman–Crippen MR) is 67.2 cm³/mol. The number of benzene rings is 1. The lowest BCUT2D eigenvalue weighted by atomic mass is 10.3. The Morgan fingerprint density at radius 1 is 1.05 bits per heavy atom. The minimum atomic E-state index is -0.454. The van der Waals surface area contributed by atoms with E-state index in [1.165, 1.54) is 12.1 Å². The van der Waals surface area contributed by atoms with Gasteiger partial charge in [0.2, 0.25) is 0 Å². The van der Waals surface area contributed by atoms with Crippen molar-refractivity contribution in [1.82, 2.24) is 0 Å². The summed E-state index contributed by atoms with van der Waals surface area (Å²) in [5.41, 5.74) is 0.0372. The molecule has 0 aliphatic heterocycles. The second kappa shape index (κ2) is 9.26. The van der Waals surface area contributed by atoms with Crippen molar-refractivity contribution in [2.75, 3.05) is 40.3 Å². The van der Waals surface area contributed by atoms with E-state index in [1.807, 2.05) is 0 Å². The first-order valence-corrected chi connectivity index (χ1v) is 5.75. The van der Waals surface area contributed by atoms with E-state index >= 15 is 0 Å². The van der Waals surface area contributed by atoms with Crippen molar-refractivity contribution in [1.29, 1.82) is 0 Å². The number of hydrogen-bond donors (Lipinski definition) is 0. The van der Waals surface area contributed by atoms with Gasteiger partial charge in [0.05, 0.1) is 24.7 Å². The van der Waals surface area contributed by atoms with Crippen LogP contribution < -0.4 is 4.74 Å². The van der Waals surface area contributed by atoms with E-state index in [2.05, 4.69) is 0 Å². The Kier molecular flexibility index (Phi) is 7.48. The second-order valence-corrected chi connectivity index (χ2v) is 3.53. The van der Waals surface area contributed by atoms with E-state index in [4.69, 9.17) is 18.9 Å². The van der Waals surface area contributed by atoms with Gasteiger partial charge in [-0.2, -0.15) is 0 Å². The van der Waals surface area contributed by atoms with Crippen molar-refractivity contribution in [3.63, 3.8) is 0 Å². The van der Waals surface area contributed by atoms with Gasteiger partial charge in [-0.1, -0.05) is 0 Å². The van der Waals surface area contributed by atoms with Crippen LogP contribution >= 0.6 is 0 Å². The summed E-state index contributed by atoms with van der Waals surface area (Å²) in [6.07, 6.45) is 0. The molecule has 106 valence electrons. The van der Waals surface area contributed by atoms with Gasteiger partial charge in [-0.05, 0) is 12.1 Å². The normalized spacial score (nSPS) is 10.4. The van der Waals surface area contributed by atoms with Crippen LogP contribution in [0.4, 0.5) is 5.69 Å². The van der Waals surface area contributed by atoms with Crippen molar-refractivity contribution in [2.45, 2.75) is 0 Å². The van der Waals surface area contributed by atoms with E-state index in [0.717, 1.165) is 0 Å². The SMILES string of the molecule is COCCOCOCCOc1ccc([N+](=O)[O-])cc1. The Bertz CT molecular complexity index is 367. The Hall–Kier alpha value is -1.70. The first-order chi connectivity index (χ1) is 9.24. The molecule has 0 bridgehead atoms. The molecule has 7 nitrogen and oxygen atoms in total. The molecule has 0 N–H and O–H groups in total. The fraction of sp³-hybridized carbons (Fsp3) is 0.500. The van der Waals surface area contributed by atoms with Gasteiger partial charge < -0.3 is 18.9 Å². The molecule has 0 aliphatic rings. The third kappa shape index (κ3) is 6.70. The smallest absolute Gasteiger partial charge is 0.269 e. The Balaban J connectivity index is 2.07. The summed E-state index contributed by atoms with van der Waals surface area (Å²) in [4.78, 5) is 9.99. The molecule has 1 aromatic carbocycles. The average Bonchev–Trinajstić information content (AvgIpc) is 2.42. The third-order valence-corrected chi connectivity index (χ3v) is 2.14. The van der Waals surface area contributed by atoms with Crippen molar-refractivity contribution in [3.05, 3.63) is 34.4 Å². The molecule has 0 amide bonds. The van der Waals surface area contributed by atoms with E-state index < -0.39 is 4.92 Å². The molecule has 0 heterocycles. The topological polar surface area (TPSA) is 80.1 Å². The van der Waals surface area contributed by atoms with Gasteiger partial charge in [0.15, 0.2) is 0 Å². The monoisotopic (exact) mass is 271 g/mol. The summed E-state index contributed by atoms with van der Waals surface area (Å²) in [5.74, 6) is 0.564. The Labute approximate surface area is 111 Å². The lowest BCUT2D eigenvalue weighted by Gasteiger charge is -2.07. The molecular weight excluding hydrogens is 254 g/mol. The molecule has 0 aliphatic carbocycles. The number of methoxy groups -OCH3 is 1. The number of rotatable bonds is 10. The summed E-state index contributed by atoms with van der Waals surface area (Å²) >= 11 is 0. The maximum atomic E-state index is 10.4. The highest BCUT2D eigenvalue weighted by atomic mass is 16.7. The molecule has 0 spiro atoms. The molecule has 0 atom stereocenters. The minimum absolute atomic E-state index is 0.0372. The van der Waals surface area contributed by atoms with Gasteiger partial charge in [-0.3, -0.25) is 10.1 Å². The van der Waals surface area contributed by atoms with Gasteiger partial charge >= 0.3 is 0 Å². The summed E-state index contributed by atoms with van der Waals surface area (Å²) in [5, 5.41) is 10.4. The van der Waals surface area contributed by atoms with E-state index in [1.54, 1.807) is 19.2 Å². The van der Waals surface area contributed by atoms with Crippen LogP contribution in [0.25, 0.3) is 0 Å². The summed E-state index contributed by atoms with van der Waals surface area (Å²) in [7, 11) is 1.60. The van der Waals surface area contributed by atoms with E-state index in [-0.39, 0.29) is 12.5 Å². The Morgan fingerprint density at radius 2 is 1.68 bits per heavy atom. The lowest BCUT2D eigenvalue weighted by Crippen LogP contribution is -2.11. The average molecular weight is 271 g/mol. The lowest BCUT2D eigenvalue weighted by molar-refractivity contribution is -0.384. The van der Waals surface area contributed by atoms with Crippen LogP contribution in [0.5, 0.6) is 5.75 Å². The zero-order valence-electron chi connectivity index (χ0n) is 10.7. The fourth-order valence-corrected chi connectivity index (χ4v) is 1.20. The molecular formula is C12H17NO6. The number of non-ortho nitro benzene ring substituents is 1. The van der Waals surface area contributed by atoms with Gasteiger partial charge in [0.1, 0.15) is 19.1 Å². The quantitative estimate of drug-likeness (QED) is 0.278.